The molecule has 0 saturated carbocycles. The SMILES string of the molecule is CCNC(=NCC(C)N1CCOCC1)NCCc1cc2ccccc2o1. The fourth-order valence-electron chi connectivity index (χ4n) is 3.16. The van der Waals surface area contributed by atoms with Crippen LogP contribution in [0.4, 0.5) is 0 Å². The number of hydrogen-bond donors (Lipinski definition) is 2. The number of nitrogens with one attached hydrogen (secondary N) is 2. The third-order valence-corrected chi connectivity index (χ3v) is 4.67. The van der Waals surface area contributed by atoms with E-state index in [2.05, 4.69) is 41.5 Å². The molecular weight excluding hydrogens is 328 g/mol. The summed E-state index contributed by atoms with van der Waals surface area (Å²) in [5.41, 5.74) is 0.947. The van der Waals surface area contributed by atoms with Gasteiger partial charge in [0, 0.05) is 44.0 Å². The topological polar surface area (TPSA) is 62.0 Å². The lowest BCUT2D eigenvalue weighted by atomic mass is 10.2. The van der Waals surface area contributed by atoms with Gasteiger partial charge in [-0.25, -0.2) is 0 Å². The Labute approximate surface area is 155 Å². The summed E-state index contributed by atoms with van der Waals surface area (Å²) in [5, 5.41) is 7.88. The number of ether oxygens (including phenoxy) is 1. The van der Waals surface area contributed by atoms with Crippen molar-refractivity contribution >= 4 is 16.9 Å². The molecule has 26 heavy (non-hydrogen) atoms. The average Bonchev–Trinajstić information content (AvgIpc) is 3.09. The summed E-state index contributed by atoms with van der Waals surface area (Å²) in [6.45, 7) is 10.4. The molecule has 2 aromatic rings. The quantitative estimate of drug-likeness (QED) is 0.587. The van der Waals surface area contributed by atoms with Crippen molar-refractivity contribution in [1.82, 2.24) is 15.5 Å². The van der Waals surface area contributed by atoms with Crippen molar-refractivity contribution in [3.05, 3.63) is 36.1 Å². The molecule has 0 spiro atoms. The third kappa shape index (κ3) is 5.22. The first-order valence-corrected chi connectivity index (χ1v) is 9.57. The van der Waals surface area contributed by atoms with E-state index in [4.69, 9.17) is 14.1 Å². The van der Waals surface area contributed by atoms with Gasteiger partial charge in [-0.2, -0.15) is 0 Å². The minimum atomic E-state index is 0.421. The largest absolute Gasteiger partial charge is 0.461 e. The number of para-hydroxylation sites is 1. The fraction of sp³-hybridized carbons (Fsp3) is 0.550. The Morgan fingerprint density at radius 3 is 2.81 bits per heavy atom. The molecule has 142 valence electrons. The average molecular weight is 358 g/mol. The van der Waals surface area contributed by atoms with E-state index in [1.165, 1.54) is 0 Å². The smallest absolute Gasteiger partial charge is 0.191 e. The van der Waals surface area contributed by atoms with Gasteiger partial charge in [0.25, 0.3) is 0 Å². The van der Waals surface area contributed by atoms with Gasteiger partial charge in [-0.05, 0) is 26.0 Å². The first-order chi connectivity index (χ1) is 12.8. The van der Waals surface area contributed by atoms with Gasteiger partial charge in [0.05, 0.1) is 19.8 Å². The summed E-state index contributed by atoms with van der Waals surface area (Å²) < 4.78 is 11.3. The molecule has 1 aromatic carbocycles. The number of aliphatic imine (C=N–C) groups is 1. The molecule has 6 heteroatoms. The van der Waals surface area contributed by atoms with E-state index in [1.54, 1.807) is 0 Å². The fourth-order valence-corrected chi connectivity index (χ4v) is 3.16. The van der Waals surface area contributed by atoms with E-state index in [-0.39, 0.29) is 0 Å². The van der Waals surface area contributed by atoms with Crippen LogP contribution in [0.15, 0.2) is 39.7 Å². The van der Waals surface area contributed by atoms with Crippen molar-refractivity contribution in [2.24, 2.45) is 4.99 Å². The van der Waals surface area contributed by atoms with Crippen LogP contribution in [-0.2, 0) is 11.2 Å². The van der Waals surface area contributed by atoms with Crippen LogP contribution in [-0.4, -0.2) is 62.8 Å². The van der Waals surface area contributed by atoms with E-state index in [1.807, 2.05) is 18.2 Å². The first-order valence-electron chi connectivity index (χ1n) is 9.57. The van der Waals surface area contributed by atoms with Crippen LogP contribution < -0.4 is 10.6 Å². The lowest BCUT2D eigenvalue weighted by molar-refractivity contribution is 0.0220. The van der Waals surface area contributed by atoms with Gasteiger partial charge in [0.1, 0.15) is 11.3 Å². The Morgan fingerprint density at radius 2 is 2.04 bits per heavy atom. The van der Waals surface area contributed by atoms with Gasteiger partial charge in [-0.3, -0.25) is 9.89 Å². The summed E-state index contributed by atoms with van der Waals surface area (Å²) in [6.07, 6.45) is 0.831. The zero-order chi connectivity index (χ0) is 18.2. The maximum Gasteiger partial charge on any atom is 0.191 e. The highest BCUT2D eigenvalue weighted by Gasteiger charge is 2.16. The Morgan fingerprint density at radius 1 is 1.23 bits per heavy atom. The molecule has 1 aromatic heterocycles. The minimum absolute atomic E-state index is 0.421. The zero-order valence-electron chi connectivity index (χ0n) is 15.8. The van der Waals surface area contributed by atoms with Gasteiger partial charge >= 0.3 is 0 Å². The maximum absolute atomic E-state index is 5.87. The van der Waals surface area contributed by atoms with Gasteiger partial charge in [-0.15, -0.1) is 0 Å². The lowest BCUT2D eigenvalue weighted by Gasteiger charge is -2.31. The maximum atomic E-state index is 5.87. The summed E-state index contributed by atoms with van der Waals surface area (Å²) in [7, 11) is 0. The number of rotatable bonds is 7. The van der Waals surface area contributed by atoms with Crippen molar-refractivity contribution in [2.75, 3.05) is 45.9 Å². The molecule has 6 nitrogen and oxygen atoms in total. The second kappa shape index (κ2) is 9.59. The van der Waals surface area contributed by atoms with Gasteiger partial charge < -0.3 is 19.8 Å². The number of benzene rings is 1. The molecule has 1 atom stereocenters. The van der Waals surface area contributed by atoms with Gasteiger partial charge in [-0.1, -0.05) is 18.2 Å². The molecule has 0 radical (unpaired) electrons. The Balaban J connectivity index is 1.49. The summed E-state index contributed by atoms with van der Waals surface area (Å²) in [5.74, 6) is 1.86. The summed E-state index contributed by atoms with van der Waals surface area (Å²) in [6, 6.07) is 10.6. The number of morpholine rings is 1. The Hall–Kier alpha value is -2.05. The number of nitrogens with zero attached hydrogens (tertiary/aromatic N) is 2. The van der Waals surface area contributed by atoms with Gasteiger partial charge in [0.15, 0.2) is 5.96 Å². The van der Waals surface area contributed by atoms with Crippen molar-refractivity contribution in [2.45, 2.75) is 26.3 Å². The zero-order valence-corrected chi connectivity index (χ0v) is 15.8. The van der Waals surface area contributed by atoms with Crippen LogP contribution in [0, 0.1) is 0 Å². The lowest BCUT2D eigenvalue weighted by Crippen LogP contribution is -2.44. The number of furan rings is 1. The van der Waals surface area contributed by atoms with Crippen LogP contribution in [0.1, 0.15) is 19.6 Å². The van der Waals surface area contributed by atoms with E-state index < -0.39 is 0 Å². The van der Waals surface area contributed by atoms with Crippen molar-refractivity contribution in [3.63, 3.8) is 0 Å². The number of hydrogen-bond acceptors (Lipinski definition) is 4. The van der Waals surface area contributed by atoms with E-state index in [9.17, 15) is 0 Å². The molecule has 2 heterocycles. The standard InChI is InChI=1S/C20H30N4O2/c1-3-21-20(23-15-16(2)24-10-12-25-13-11-24)22-9-8-18-14-17-6-4-5-7-19(17)26-18/h4-7,14,16H,3,8-13,15H2,1-2H3,(H2,21,22,23). The molecule has 0 bridgehead atoms. The predicted octanol–water partition coefficient (Wildman–Crippen LogP) is 2.25. The third-order valence-electron chi connectivity index (χ3n) is 4.67. The predicted molar refractivity (Wildman–Crippen MR) is 106 cm³/mol. The highest BCUT2D eigenvalue weighted by atomic mass is 16.5. The minimum Gasteiger partial charge on any atom is -0.461 e. The van der Waals surface area contributed by atoms with Crippen molar-refractivity contribution in [3.8, 4) is 0 Å². The number of guanidine groups is 1. The molecule has 0 amide bonds. The molecule has 0 aliphatic carbocycles. The second-order valence-electron chi connectivity index (χ2n) is 6.64. The molecule has 1 unspecified atom stereocenters. The van der Waals surface area contributed by atoms with Crippen LogP contribution in [0.2, 0.25) is 0 Å². The van der Waals surface area contributed by atoms with Gasteiger partial charge in [0.2, 0.25) is 0 Å². The molecule has 1 aliphatic rings. The summed E-state index contributed by atoms with van der Waals surface area (Å²) in [4.78, 5) is 7.18. The van der Waals surface area contributed by atoms with E-state index >= 15 is 0 Å². The number of fused-ring (bicyclic) bond motifs is 1. The molecule has 1 fully saturated rings. The second-order valence-corrected chi connectivity index (χ2v) is 6.64. The monoisotopic (exact) mass is 358 g/mol. The van der Waals surface area contributed by atoms with Crippen LogP contribution in [0.5, 0.6) is 0 Å². The molecule has 3 rings (SSSR count). The molecular formula is C20H30N4O2. The van der Waals surface area contributed by atoms with Crippen molar-refractivity contribution in [1.29, 1.82) is 0 Å². The Bertz CT molecular complexity index is 674. The normalized spacial score (nSPS) is 17.4. The highest BCUT2D eigenvalue weighted by Crippen LogP contribution is 2.18. The summed E-state index contributed by atoms with van der Waals surface area (Å²) >= 11 is 0. The van der Waals surface area contributed by atoms with E-state index in [0.717, 1.165) is 75.0 Å². The van der Waals surface area contributed by atoms with Crippen LogP contribution >= 0.6 is 0 Å². The van der Waals surface area contributed by atoms with Crippen LogP contribution in [0.3, 0.4) is 0 Å². The highest BCUT2D eigenvalue weighted by molar-refractivity contribution is 5.80. The van der Waals surface area contributed by atoms with E-state index in [0.29, 0.717) is 6.04 Å². The van der Waals surface area contributed by atoms with Crippen molar-refractivity contribution < 1.29 is 9.15 Å². The molecule has 1 aliphatic heterocycles. The first kappa shape index (κ1) is 18.7. The van der Waals surface area contributed by atoms with Crippen LogP contribution in [0.25, 0.3) is 11.0 Å². The molecule has 1 saturated heterocycles. The molecule has 2 N–H and O–H groups in total. The Kier molecular flexibility index (Phi) is 6.91.